The van der Waals surface area contributed by atoms with Gasteiger partial charge >= 0.3 is 5.97 Å². The molecule has 0 saturated carbocycles. The number of ketones is 1. The number of aromatic nitrogens is 1. The maximum atomic E-state index is 11.8. The van der Waals surface area contributed by atoms with Crippen LogP contribution in [0.1, 0.15) is 22.5 Å². The van der Waals surface area contributed by atoms with Crippen molar-refractivity contribution in [3.63, 3.8) is 0 Å². The van der Waals surface area contributed by atoms with Crippen LogP contribution in [-0.2, 0) is 11.3 Å². The number of para-hydroxylation sites is 1. The van der Waals surface area contributed by atoms with E-state index in [2.05, 4.69) is 0 Å². The van der Waals surface area contributed by atoms with Crippen LogP contribution in [0.5, 0.6) is 0 Å². The third-order valence-electron chi connectivity index (χ3n) is 3.19. The monoisotopic (exact) mass is 261 g/mol. The Labute approximate surface area is 110 Å². The van der Waals surface area contributed by atoms with Crippen molar-refractivity contribution in [3.05, 3.63) is 35.5 Å². The fourth-order valence-corrected chi connectivity index (χ4v) is 2.34. The quantitative estimate of drug-likeness (QED) is 0.633. The second-order valence-electron chi connectivity index (χ2n) is 4.34. The Hall–Kier alpha value is -2.14. The van der Waals surface area contributed by atoms with E-state index in [4.69, 9.17) is 10.2 Å². The van der Waals surface area contributed by atoms with Crippen molar-refractivity contribution in [2.24, 2.45) is 0 Å². The number of hydrogen-bond acceptors (Lipinski definition) is 3. The molecule has 1 heterocycles. The number of nitrogens with zero attached hydrogens (tertiary/aromatic N) is 1. The van der Waals surface area contributed by atoms with E-state index in [-0.39, 0.29) is 12.2 Å². The molecule has 0 aliphatic carbocycles. The van der Waals surface area contributed by atoms with Gasteiger partial charge in [-0.3, -0.25) is 4.79 Å². The van der Waals surface area contributed by atoms with Gasteiger partial charge in [-0.1, -0.05) is 18.2 Å². The molecule has 1 aromatic heterocycles. The largest absolute Gasteiger partial charge is 0.475 e. The van der Waals surface area contributed by atoms with Gasteiger partial charge in [0.15, 0.2) is 0 Å². The Kier molecular flexibility index (Phi) is 3.66. The molecule has 0 spiro atoms. The molecular formula is C14H15NO4. The van der Waals surface area contributed by atoms with Crippen LogP contribution >= 0.6 is 0 Å². The zero-order chi connectivity index (χ0) is 14.0. The highest BCUT2D eigenvalue weighted by atomic mass is 16.4. The third kappa shape index (κ3) is 2.24. The van der Waals surface area contributed by atoms with E-state index in [9.17, 15) is 9.59 Å². The summed E-state index contributed by atoms with van der Waals surface area (Å²) in [4.78, 5) is 22.7. The van der Waals surface area contributed by atoms with Crippen molar-refractivity contribution in [1.82, 2.24) is 4.57 Å². The number of carboxylic acids is 1. The fourth-order valence-electron chi connectivity index (χ4n) is 2.34. The topological polar surface area (TPSA) is 79.5 Å². The fraction of sp³-hybridized carbons (Fsp3) is 0.286. The van der Waals surface area contributed by atoms with E-state index in [0.29, 0.717) is 24.0 Å². The van der Waals surface area contributed by atoms with Gasteiger partial charge in [0.25, 0.3) is 5.78 Å². The standard InChI is InChI=1S/C14H15NO4/c1-9-12(13(17)14(18)19)10-5-2-3-6-11(10)15(9)7-4-8-16/h2-3,5-6,16H,4,7-8H2,1H3,(H,18,19). The molecular weight excluding hydrogens is 246 g/mol. The van der Waals surface area contributed by atoms with E-state index in [0.717, 1.165) is 5.52 Å². The normalized spacial score (nSPS) is 10.8. The molecule has 5 nitrogen and oxygen atoms in total. The Bertz CT molecular complexity index is 642. The number of hydrogen-bond donors (Lipinski definition) is 2. The first-order valence-corrected chi connectivity index (χ1v) is 6.04. The van der Waals surface area contributed by atoms with Gasteiger partial charge in [0, 0.05) is 29.7 Å². The third-order valence-corrected chi connectivity index (χ3v) is 3.19. The number of aliphatic hydroxyl groups is 1. The Morgan fingerprint density at radius 1 is 1.26 bits per heavy atom. The van der Waals surface area contributed by atoms with E-state index < -0.39 is 11.8 Å². The second-order valence-corrected chi connectivity index (χ2v) is 4.34. The molecule has 2 rings (SSSR count). The lowest BCUT2D eigenvalue weighted by atomic mass is 10.1. The Morgan fingerprint density at radius 2 is 1.95 bits per heavy atom. The van der Waals surface area contributed by atoms with Crippen molar-refractivity contribution in [2.45, 2.75) is 19.9 Å². The summed E-state index contributed by atoms with van der Waals surface area (Å²) in [6.45, 7) is 2.33. The van der Waals surface area contributed by atoms with E-state index in [1.54, 1.807) is 19.1 Å². The average molecular weight is 261 g/mol. The zero-order valence-corrected chi connectivity index (χ0v) is 10.6. The SMILES string of the molecule is Cc1c(C(=O)C(=O)O)c2ccccc2n1CCCO. The summed E-state index contributed by atoms with van der Waals surface area (Å²) in [7, 11) is 0. The molecule has 0 amide bonds. The molecule has 100 valence electrons. The highest BCUT2D eigenvalue weighted by molar-refractivity contribution is 6.42. The van der Waals surface area contributed by atoms with Crippen molar-refractivity contribution in [1.29, 1.82) is 0 Å². The predicted octanol–water partition coefficient (Wildman–Crippen LogP) is 1.60. The minimum Gasteiger partial charge on any atom is -0.475 e. The minimum absolute atomic E-state index is 0.0498. The molecule has 2 aromatic rings. The van der Waals surface area contributed by atoms with Gasteiger partial charge in [-0.25, -0.2) is 4.79 Å². The van der Waals surface area contributed by atoms with Gasteiger partial charge in [-0.05, 0) is 19.4 Å². The number of aryl methyl sites for hydroxylation is 1. The van der Waals surface area contributed by atoms with Gasteiger partial charge in [0.1, 0.15) is 0 Å². The maximum Gasteiger partial charge on any atom is 0.377 e. The number of benzene rings is 1. The molecule has 0 bridgehead atoms. The van der Waals surface area contributed by atoms with Crippen LogP contribution < -0.4 is 0 Å². The van der Waals surface area contributed by atoms with Crippen molar-refractivity contribution in [3.8, 4) is 0 Å². The summed E-state index contributed by atoms with van der Waals surface area (Å²) in [5.74, 6) is -2.34. The number of carbonyl (C=O) groups is 2. The molecule has 0 aliphatic heterocycles. The molecule has 0 aliphatic rings. The summed E-state index contributed by atoms with van der Waals surface area (Å²) in [5.41, 5.74) is 1.68. The summed E-state index contributed by atoms with van der Waals surface area (Å²) in [6.07, 6.45) is 0.556. The predicted molar refractivity (Wildman–Crippen MR) is 70.3 cm³/mol. The minimum atomic E-state index is -1.45. The van der Waals surface area contributed by atoms with Crippen LogP contribution in [0.4, 0.5) is 0 Å². The number of rotatable bonds is 5. The summed E-state index contributed by atoms with van der Waals surface area (Å²) in [5, 5.41) is 18.5. The summed E-state index contributed by atoms with van der Waals surface area (Å²) in [6, 6.07) is 7.20. The molecule has 0 radical (unpaired) electrons. The molecule has 0 atom stereocenters. The lowest BCUT2D eigenvalue weighted by molar-refractivity contribution is -0.131. The molecule has 0 fully saturated rings. The number of aliphatic carboxylic acids is 1. The molecule has 0 unspecified atom stereocenters. The van der Waals surface area contributed by atoms with Crippen LogP contribution in [-0.4, -0.2) is 33.1 Å². The number of Topliss-reactive ketones (excluding diaryl/α,β-unsaturated/α-hetero) is 1. The summed E-state index contributed by atoms with van der Waals surface area (Å²) >= 11 is 0. The number of aliphatic hydroxyl groups excluding tert-OH is 1. The first-order chi connectivity index (χ1) is 9.07. The molecule has 19 heavy (non-hydrogen) atoms. The van der Waals surface area contributed by atoms with Crippen molar-refractivity contribution >= 4 is 22.7 Å². The van der Waals surface area contributed by atoms with Crippen LogP contribution in [0.2, 0.25) is 0 Å². The number of carboxylic acid groups (broad SMARTS) is 1. The average Bonchev–Trinajstić information content (AvgIpc) is 2.67. The highest BCUT2D eigenvalue weighted by Gasteiger charge is 2.24. The lowest BCUT2D eigenvalue weighted by Crippen LogP contribution is -2.14. The highest BCUT2D eigenvalue weighted by Crippen LogP contribution is 2.26. The number of carbonyl (C=O) groups excluding carboxylic acids is 1. The zero-order valence-electron chi connectivity index (χ0n) is 10.6. The van der Waals surface area contributed by atoms with Gasteiger partial charge in [-0.2, -0.15) is 0 Å². The molecule has 2 N–H and O–H groups in total. The van der Waals surface area contributed by atoms with E-state index >= 15 is 0 Å². The van der Waals surface area contributed by atoms with Crippen molar-refractivity contribution in [2.75, 3.05) is 6.61 Å². The van der Waals surface area contributed by atoms with E-state index in [1.807, 2.05) is 16.7 Å². The smallest absolute Gasteiger partial charge is 0.377 e. The molecule has 1 aromatic carbocycles. The van der Waals surface area contributed by atoms with Crippen LogP contribution in [0.25, 0.3) is 10.9 Å². The van der Waals surface area contributed by atoms with Gasteiger partial charge in [-0.15, -0.1) is 0 Å². The Balaban J connectivity index is 2.67. The van der Waals surface area contributed by atoms with Gasteiger partial charge in [0.05, 0.1) is 5.56 Å². The van der Waals surface area contributed by atoms with Gasteiger partial charge in [0.2, 0.25) is 0 Å². The number of fused-ring (bicyclic) bond motifs is 1. The lowest BCUT2D eigenvalue weighted by Gasteiger charge is -2.06. The first kappa shape index (κ1) is 13.3. The van der Waals surface area contributed by atoms with Crippen LogP contribution in [0, 0.1) is 6.92 Å². The molecule has 5 heteroatoms. The summed E-state index contributed by atoms with van der Waals surface area (Å²) < 4.78 is 1.88. The van der Waals surface area contributed by atoms with Gasteiger partial charge < -0.3 is 14.8 Å². The van der Waals surface area contributed by atoms with E-state index in [1.165, 1.54) is 0 Å². The first-order valence-electron chi connectivity index (χ1n) is 6.04. The maximum absolute atomic E-state index is 11.8. The Morgan fingerprint density at radius 3 is 2.58 bits per heavy atom. The van der Waals surface area contributed by atoms with Crippen LogP contribution in [0.3, 0.4) is 0 Å². The van der Waals surface area contributed by atoms with Crippen molar-refractivity contribution < 1.29 is 19.8 Å². The molecule has 0 saturated heterocycles. The second kappa shape index (κ2) is 5.24. The van der Waals surface area contributed by atoms with Crippen LogP contribution in [0.15, 0.2) is 24.3 Å².